The average molecular weight is 357 g/mol. The Labute approximate surface area is 157 Å². The second-order valence-corrected chi connectivity index (χ2v) is 8.41. The van der Waals surface area contributed by atoms with Crippen LogP contribution in [0.3, 0.4) is 0 Å². The number of hydrogen-bond acceptors (Lipinski definition) is 4. The van der Waals surface area contributed by atoms with Gasteiger partial charge in [0.2, 0.25) is 0 Å². The van der Waals surface area contributed by atoms with Crippen LogP contribution in [0.25, 0.3) is 0 Å². The molecule has 4 nitrogen and oxygen atoms in total. The molecule has 0 bridgehead atoms. The largest absolute Gasteiger partial charge is 0.390 e. The van der Waals surface area contributed by atoms with Crippen molar-refractivity contribution in [2.45, 2.75) is 63.0 Å². The molecule has 4 rings (SSSR count). The Balaban J connectivity index is 1.55. The quantitative estimate of drug-likeness (QED) is 0.871. The number of Topliss-reactive ketones (excluding diaryl/α,β-unsaturated/α-hetero) is 1. The number of ketones is 1. The van der Waals surface area contributed by atoms with Gasteiger partial charge in [-0.2, -0.15) is 0 Å². The smallest absolute Gasteiger partial charge is 0.136 e. The summed E-state index contributed by atoms with van der Waals surface area (Å²) < 4.78 is 0. The van der Waals surface area contributed by atoms with Gasteiger partial charge in [-0.15, -0.1) is 0 Å². The lowest BCUT2D eigenvalue weighted by molar-refractivity contribution is -0.124. The zero-order valence-electron chi connectivity index (χ0n) is 15.9. The lowest BCUT2D eigenvalue weighted by atomic mass is 9.72. The molecule has 2 saturated heterocycles. The molecule has 2 N–H and O–H groups in total. The highest BCUT2D eigenvalue weighted by Crippen LogP contribution is 2.52. The third-order valence-corrected chi connectivity index (χ3v) is 7.05. The molecule has 1 aromatic carbocycles. The van der Waals surface area contributed by atoms with Crippen LogP contribution in [0.15, 0.2) is 24.3 Å². The van der Waals surface area contributed by atoms with E-state index in [9.17, 15) is 9.90 Å². The summed E-state index contributed by atoms with van der Waals surface area (Å²) in [4.78, 5) is 14.7. The van der Waals surface area contributed by atoms with Gasteiger partial charge in [-0.3, -0.25) is 9.69 Å². The first-order valence-electron chi connectivity index (χ1n) is 10.4. The van der Waals surface area contributed by atoms with Crippen molar-refractivity contribution in [3.63, 3.8) is 0 Å². The van der Waals surface area contributed by atoms with Crippen molar-refractivity contribution in [1.82, 2.24) is 10.2 Å². The number of fused-ring (bicyclic) bond motifs is 2. The molecule has 2 heterocycles. The van der Waals surface area contributed by atoms with Crippen LogP contribution >= 0.6 is 0 Å². The summed E-state index contributed by atoms with van der Waals surface area (Å²) in [6.07, 6.45) is 5.22. The fraction of sp³-hybridized carbons (Fsp3) is 0.682. The molecular formula is C22H32N2O2. The Morgan fingerprint density at radius 3 is 2.62 bits per heavy atom. The van der Waals surface area contributed by atoms with E-state index in [0.717, 1.165) is 64.7 Å². The van der Waals surface area contributed by atoms with Gasteiger partial charge in [0.25, 0.3) is 0 Å². The molecule has 2 fully saturated rings. The molecule has 4 heteroatoms. The van der Waals surface area contributed by atoms with Crippen LogP contribution in [0.2, 0.25) is 0 Å². The summed E-state index contributed by atoms with van der Waals surface area (Å²) in [5.41, 5.74) is 2.59. The molecule has 2 aliphatic heterocycles. The number of nitrogens with one attached hydrogen (secondary N) is 1. The van der Waals surface area contributed by atoms with Crippen molar-refractivity contribution in [1.29, 1.82) is 0 Å². The van der Waals surface area contributed by atoms with Crippen LogP contribution in [0, 0.1) is 5.92 Å². The molecule has 0 unspecified atom stereocenters. The van der Waals surface area contributed by atoms with E-state index in [4.69, 9.17) is 0 Å². The van der Waals surface area contributed by atoms with Crippen LogP contribution in [-0.4, -0.2) is 48.1 Å². The number of carbonyl (C=O) groups excluding carboxylic acids is 1. The van der Waals surface area contributed by atoms with Gasteiger partial charge < -0.3 is 10.4 Å². The van der Waals surface area contributed by atoms with E-state index in [1.807, 2.05) is 0 Å². The molecule has 142 valence electrons. The topological polar surface area (TPSA) is 52.6 Å². The molecule has 0 amide bonds. The second-order valence-electron chi connectivity index (χ2n) is 8.41. The van der Waals surface area contributed by atoms with E-state index >= 15 is 0 Å². The maximum absolute atomic E-state index is 12.3. The average Bonchev–Trinajstić information content (AvgIpc) is 2.91. The molecule has 1 spiro atoms. The second kappa shape index (κ2) is 7.41. The van der Waals surface area contributed by atoms with Gasteiger partial charge in [-0.25, -0.2) is 0 Å². The van der Waals surface area contributed by atoms with Crippen LogP contribution in [0.5, 0.6) is 0 Å². The number of carbonyl (C=O) groups is 1. The van der Waals surface area contributed by atoms with Crippen molar-refractivity contribution >= 4 is 5.78 Å². The summed E-state index contributed by atoms with van der Waals surface area (Å²) >= 11 is 0. The van der Waals surface area contributed by atoms with Gasteiger partial charge in [0.15, 0.2) is 0 Å². The Morgan fingerprint density at radius 2 is 1.92 bits per heavy atom. The van der Waals surface area contributed by atoms with E-state index in [2.05, 4.69) is 41.4 Å². The minimum Gasteiger partial charge on any atom is -0.390 e. The Kier molecular flexibility index (Phi) is 5.18. The number of likely N-dealkylation sites (tertiary alicyclic amines) is 1. The highest BCUT2D eigenvalue weighted by Gasteiger charge is 2.53. The number of aliphatic hydroxyl groups is 1. The van der Waals surface area contributed by atoms with Gasteiger partial charge in [0.1, 0.15) is 5.78 Å². The van der Waals surface area contributed by atoms with Crippen LogP contribution in [0.1, 0.15) is 62.6 Å². The van der Waals surface area contributed by atoms with Crippen molar-refractivity contribution in [3.05, 3.63) is 35.4 Å². The molecule has 3 aliphatic rings. The summed E-state index contributed by atoms with van der Waals surface area (Å²) in [7, 11) is 0. The SMILES string of the molecule is CCCC(=O)C1CCN([C@H]2c3ccccc3C3(CCNCC3)[C@@H]2O)CC1. The lowest BCUT2D eigenvalue weighted by Crippen LogP contribution is -2.50. The molecular weight excluding hydrogens is 324 g/mol. The summed E-state index contributed by atoms with van der Waals surface area (Å²) in [6.45, 7) is 5.88. The minimum atomic E-state index is -0.343. The fourth-order valence-electron chi connectivity index (χ4n) is 5.62. The maximum atomic E-state index is 12.3. The minimum absolute atomic E-state index is 0.0894. The van der Waals surface area contributed by atoms with E-state index in [1.54, 1.807) is 0 Å². The monoisotopic (exact) mass is 356 g/mol. The molecule has 0 aromatic heterocycles. The van der Waals surface area contributed by atoms with Gasteiger partial charge in [-0.05, 0) is 69.4 Å². The summed E-state index contributed by atoms with van der Waals surface area (Å²) in [5, 5.41) is 14.9. The zero-order valence-corrected chi connectivity index (χ0v) is 15.9. The van der Waals surface area contributed by atoms with Crippen molar-refractivity contribution in [3.8, 4) is 0 Å². The third kappa shape index (κ3) is 2.92. The van der Waals surface area contributed by atoms with Crippen molar-refractivity contribution in [2.24, 2.45) is 5.92 Å². The van der Waals surface area contributed by atoms with Crippen LogP contribution < -0.4 is 5.32 Å². The number of benzene rings is 1. The highest BCUT2D eigenvalue weighted by atomic mass is 16.3. The number of piperidine rings is 2. The molecule has 1 aromatic rings. The summed E-state index contributed by atoms with van der Waals surface area (Å²) in [6, 6.07) is 8.77. The van der Waals surface area contributed by atoms with Crippen molar-refractivity contribution in [2.75, 3.05) is 26.2 Å². The third-order valence-electron chi connectivity index (χ3n) is 7.05. The zero-order chi connectivity index (χ0) is 18.1. The van der Waals surface area contributed by atoms with E-state index in [0.29, 0.717) is 5.78 Å². The first-order chi connectivity index (χ1) is 12.7. The highest BCUT2D eigenvalue weighted by molar-refractivity contribution is 5.81. The lowest BCUT2D eigenvalue weighted by Gasteiger charge is -2.42. The Bertz CT molecular complexity index is 645. The van der Waals surface area contributed by atoms with Crippen LogP contribution in [-0.2, 0) is 10.2 Å². The molecule has 0 saturated carbocycles. The van der Waals surface area contributed by atoms with Crippen molar-refractivity contribution < 1.29 is 9.90 Å². The predicted octanol–water partition coefficient (Wildman–Crippen LogP) is 2.80. The first kappa shape index (κ1) is 18.1. The van der Waals surface area contributed by atoms with E-state index in [1.165, 1.54) is 11.1 Å². The maximum Gasteiger partial charge on any atom is 0.136 e. The van der Waals surface area contributed by atoms with Gasteiger partial charge in [-0.1, -0.05) is 31.2 Å². The molecule has 26 heavy (non-hydrogen) atoms. The number of hydrogen-bond donors (Lipinski definition) is 2. The first-order valence-corrected chi connectivity index (χ1v) is 10.4. The fourth-order valence-corrected chi connectivity index (χ4v) is 5.62. The van der Waals surface area contributed by atoms with Gasteiger partial charge in [0, 0.05) is 17.8 Å². The van der Waals surface area contributed by atoms with Gasteiger partial charge in [0.05, 0.1) is 12.1 Å². The molecule has 2 atom stereocenters. The molecule has 0 radical (unpaired) electrons. The standard InChI is InChI=1S/C22H32N2O2/c1-2-5-19(25)16-8-14-24(15-9-16)20-17-6-3-4-7-18(17)22(21(20)26)10-12-23-13-11-22/h3-4,6-7,16,20-21,23,26H,2,5,8-15H2,1H3/t20-,21+/m0/s1. The van der Waals surface area contributed by atoms with Crippen LogP contribution in [0.4, 0.5) is 0 Å². The Morgan fingerprint density at radius 1 is 1.23 bits per heavy atom. The summed E-state index contributed by atoms with van der Waals surface area (Å²) in [5.74, 6) is 0.669. The van der Waals surface area contributed by atoms with Gasteiger partial charge >= 0.3 is 0 Å². The number of rotatable bonds is 4. The van der Waals surface area contributed by atoms with E-state index in [-0.39, 0.29) is 23.5 Å². The number of aliphatic hydroxyl groups excluding tert-OH is 1. The van der Waals surface area contributed by atoms with E-state index < -0.39 is 0 Å². The predicted molar refractivity (Wildman–Crippen MR) is 103 cm³/mol. The molecule has 1 aliphatic carbocycles. The number of nitrogens with zero attached hydrogens (tertiary/aromatic N) is 1. The Hall–Kier alpha value is -1.23. The normalized spacial score (nSPS) is 29.0.